The number of para-hydroxylation sites is 1. The molecule has 0 heterocycles. The first-order valence-corrected chi connectivity index (χ1v) is 8.51. The largest absolute Gasteiger partial charge is 0.527 e. The van der Waals surface area contributed by atoms with Gasteiger partial charge in [-0.1, -0.05) is 31.5 Å². The Hall–Kier alpha value is -0.910. The molecule has 0 aliphatic carbocycles. The Labute approximate surface area is 125 Å². The summed E-state index contributed by atoms with van der Waals surface area (Å²) in [5.41, 5.74) is 0. The molecule has 6 nitrogen and oxygen atoms in total. The van der Waals surface area contributed by atoms with Crippen LogP contribution in [-0.4, -0.2) is 37.9 Å². The van der Waals surface area contributed by atoms with Gasteiger partial charge in [-0.15, -0.1) is 0 Å². The molecule has 7 heteroatoms. The van der Waals surface area contributed by atoms with E-state index in [9.17, 15) is 9.46 Å². The Morgan fingerprint density at radius 1 is 1.00 bits per heavy atom. The average molecular weight is 318 g/mol. The van der Waals surface area contributed by atoms with Crippen LogP contribution in [0.5, 0.6) is 5.75 Å². The molecule has 120 valence electrons. The molecule has 21 heavy (non-hydrogen) atoms. The second kappa shape index (κ2) is 10.8. The Bertz CT molecular complexity index is 411. The molecule has 0 aliphatic rings. The fraction of sp³-hybridized carbons (Fsp3) is 0.571. The van der Waals surface area contributed by atoms with E-state index in [4.69, 9.17) is 18.5 Å². The van der Waals surface area contributed by atoms with Crippen molar-refractivity contribution in [3.63, 3.8) is 0 Å². The molecule has 0 bridgehead atoms. The van der Waals surface area contributed by atoms with E-state index in [2.05, 4.69) is 6.92 Å². The van der Waals surface area contributed by atoms with Crippen LogP contribution in [-0.2, 0) is 18.6 Å². The zero-order valence-corrected chi connectivity index (χ0v) is 13.2. The molecule has 0 spiro atoms. The number of hydrogen-bond donors (Lipinski definition) is 1. The van der Waals surface area contributed by atoms with Gasteiger partial charge >= 0.3 is 7.82 Å². The van der Waals surface area contributed by atoms with Crippen molar-refractivity contribution in [2.24, 2.45) is 0 Å². The topological polar surface area (TPSA) is 74.2 Å². The summed E-state index contributed by atoms with van der Waals surface area (Å²) in [5, 5.41) is 0. The van der Waals surface area contributed by atoms with Gasteiger partial charge in [0.1, 0.15) is 5.75 Å². The fourth-order valence-electron chi connectivity index (χ4n) is 1.42. The van der Waals surface area contributed by atoms with E-state index in [1.165, 1.54) is 0 Å². The highest BCUT2D eigenvalue weighted by molar-refractivity contribution is 7.47. The van der Waals surface area contributed by atoms with E-state index in [1.54, 1.807) is 30.3 Å². The maximum absolute atomic E-state index is 11.6. The minimum atomic E-state index is -4.10. The van der Waals surface area contributed by atoms with Gasteiger partial charge in [0.25, 0.3) is 0 Å². The van der Waals surface area contributed by atoms with Crippen molar-refractivity contribution in [3.8, 4) is 5.75 Å². The predicted molar refractivity (Wildman–Crippen MR) is 79.4 cm³/mol. The number of phosphoric ester groups is 1. The average Bonchev–Trinajstić information content (AvgIpc) is 2.46. The zero-order chi connectivity index (χ0) is 15.4. The normalized spacial score (nSPS) is 13.8. The fourth-order valence-corrected chi connectivity index (χ4v) is 2.17. The summed E-state index contributed by atoms with van der Waals surface area (Å²) in [4.78, 5) is 9.50. The smallest absolute Gasteiger partial charge is 0.404 e. The summed E-state index contributed by atoms with van der Waals surface area (Å²) in [7, 11) is -4.10. The summed E-state index contributed by atoms with van der Waals surface area (Å²) in [6, 6.07) is 8.35. The van der Waals surface area contributed by atoms with Gasteiger partial charge in [0.2, 0.25) is 0 Å². The van der Waals surface area contributed by atoms with E-state index in [1.807, 2.05) is 0 Å². The molecule has 0 aromatic heterocycles. The monoisotopic (exact) mass is 318 g/mol. The van der Waals surface area contributed by atoms with Gasteiger partial charge < -0.3 is 14.0 Å². The van der Waals surface area contributed by atoms with Crippen LogP contribution in [0.25, 0.3) is 0 Å². The molecule has 1 aromatic rings. The summed E-state index contributed by atoms with van der Waals surface area (Å²) in [6.07, 6.45) is 2.13. The van der Waals surface area contributed by atoms with Crippen LogP contribution in [0.4, 0.5) is 0 Å². The van der Waals surface area contributed by atoms with Crippen molar-refractivity contribution in [1.29, 1.82) is 0 Å². The molecule has 0 radical (unpaired) electrons. The van der Waals surface area contributed by atoms with Crippen molar-refractivity contribution >= 4 is 7.82 Å². The minimum absolute atomic E-state index is 0.0183. The number of unbranched alkanes of at least 4 members (excludes halogenated alkanes) is 1. The maximum Gasteiger partial charge on any atom is 0.527 e. The minimum Gasteiger partial charge on any atom is -0.404 e. The van der Waals surface area contributed by atoms with Gasteiger partial charge in [0.15, 0.2) is 0 Å². The summed E-state index contributed by atoms with van der Waals surface area (Å²) >= 11 is 0. The number of ether oxygens (including phenoxy) is 2. The molecule has 1 rings (SSSR count). The molecule has 0 amide bonds. The van der Waals surface area contributed by atoms with Crippen LogP contribution >= 0.6 is 7.82 Å². The molecular formula is C14H23O6P. The molecule has 1 unspecified atom stereocenters. The van der Waals surface area contributed by atoms with E-state index in [0.29, 0.717) is 13.2 Å². The van der Waals surface area contributed by atoms with Crippen LogP contribution < -0.4 is 4.52 Å². The molecule has 0 saturated carbocycles. The van der Waals surface area contributed by atoms with Crippen molar-refractivity contribution in [1.82, 2.24) is 0 Å². The summed E-state index contributed by atoms with van der Waals surface area (Å²) in [5.74, 6) is 0.286. The van der Waals surface area contributed by atoms with Crippen molar-refractivity contribution in [2.45, 2.75) is 19.8 Å². The van der Waals surface area contributed by atoms with Crippen LogP contribution in [0.1, 0.15) is 19.8 Å². The third kappa shape index (κ3) is 9.61. The van der Waals surface area contributed by atoms with Crippen LogP contribution in [0, 0.1) is 0 Å². The van der Waals surface area contributed by atoms with E-state index in [-0.39, 0.29) is 19.0 Å². The predicted octanol–water partition coefficient (Wildman–Crippen LogP) is 3.02. The summed E-state index contributed by atoms with van der Waals surface area (Å²) < 4.78 is 31.8. The third-order valence-corrected chi connectivity index (χ3v) is 3.41. The zero-order valence-electron chi connectivity index (χ0n) is 12.3. The Kier molecular flexibility index (Phi) is 9.30. The molecule has 1 atom stereocenters. The van der Waals surface area contributed by atoms with Gasteiger partial charge in [0.05, 0.1) is 26.4 Å². The quantitative estimate of drug-likeness (QED) is 0.472. The van der Waals surface area contributed by atoms with Crippen LogP contribution in [0.3, 0.4) is 0 Å². The molecule has 0 fully saturated rings. The molecule has 1 N–H and O–H groups in total. The first-order valence-electron chi connectivity index (χ1n) is 7.01. The highest BCUT2D eigenvalue weighted by atomic mass is 31.2. The van der Waals surface area contributed by atoms with Crippen LogP contribution in [0.15, 0.2) is 30.3 Å². The van der Waals surface area contributed by atoms with E-state index in [0.717, 1.165) is 19.4 Å². The molecule has 1 aromatic carbocycles. The van der Waals surface area contributed by atoms with Gasteiger partial charge in [-0.05, 0) is 18.6 Å². The SMILES string of the molecule is CCCCOCCOCCOP(=O)(O)Oc1ccccc1. The lowest BCUT2D eigenvalue weighted by molar-refractivity contribution is 0.0319. The van der Waals surface area contributed by atoms with Gasteiger partial charge in [0, 0.05) is 6.61 Å². The van der Waals surface area contributed by atoms with Crippen molar-refractivity contribution < 1.29 is 28.0 Å². The Morgan fingerprint density at radius 3 is 2.29 bits per heavy atom. The highest BCUT2D eigenvalue weighted by Gasteiger charge is 2.22. The maximum atomic E-state index is 11.6. The first-order chi connectivity index (χ1) is 10.1. The van der Waals surface area contributed by atoms with Crippen LogP contribution in [0.2, 0.25) is 0 Å². The molecule has 0 aliphatic heterocycles. The number of rotatable bonds is 12. The number of benzene rings is 1. The van der Waals surface area contributed by atoms with E-state index < -0.39 is 7.82 Å². The summed E-state index contributed by atoms with van der Waals surface area (Å²) in [6.45, 7) is 3.96. The number of phosphoric acid groups is 1. The van der Waals surface area contributed by atoms with Gasteiger partial charge in [-0.2, -0.15) is 0 Å². The first kappa shape index (κ1) is 18.1. The lowest BCUT2D eigenvalue weighted by Crippen LogP contribution is -2.10. The molecule has 0 saturated heterocycles. The third-order valence-electron chi connectivity index (χ3n) is 2.46. The Balaban J connectivity index is 2.05. The Morgan fingerprint density at radius 2 is 1.62 bits per heavy atom. The van der Waals surface area contributed by atoms with Gasteiger partial charge in [-0.25, -0.2) is 4.57 Å². The highest BCUT2D eigenvalue weighted by Crippen LogP contribution is 2.43. The second-order valence-corrected chi connectivity index (χ2v) is 5.66. The number of hydrogen-bond acceptors (Lipinski definition) is 5. The van der Waals surface area contributed by atoms with Crippen molar-refractivity contribution in [3.05, 3.63) is 30.3 Å². The molecular weight excluding hydrogens is 295 g/mol. The van der Waals surface area contributed by atoms with Gasteiger partial charge in [-0.3, -0.25) is 9.42 Å². The van der Waals surface area contributed by atoms with E-state index >= 15 is 0 Å². The standard InChI is InChI=1S/C14H23O6P/c1-2-3-9-17-10-11-18-12-13-19-21(15,16)20-14-7-5-4-6-8-14/h4-8H,2-3,9-13H2,1H3,(H,15,16). The van der Waals surface area contributed by atoms with Crippen molar-refractivity contribution in [2.75, 3.05) is 33.0 Å². The lowest BCUT2D eigenvalue weighted by Gasteiger charge is -2.13. The second-order valence-electron chi connectivity index (χ2n) is 4.28. The lowest BCUT2D eigenvalue weighted by atomic mass is 10.3.